The lowest BCUT2D eigenvalue weighted by Crippen LogP contribution is -2.59. The molecule has 1 unspecified atom stereocenters. The van der Waals surface area contributed by atoms with Gasteiger partial charge < -0.3 is 30.5 Å². The first-order chi connectivity index (χ1) is 24.2. The van der Waals surface area contributed by atoms with Crippen LogP contribution < -0.4 is 16.0 Å². The second-order valence-electron chi connectivity index (χ2n) is 12.6. The number of fused-ring (bicyclic) bond motifs is 1. The van der Waals surface area contributed by atoms with Crippen molar-refractivity contribution in [1.29, 1.82) is 0 Å². The van der Waals surface area contributed by atoms with Crippen molar-refractivity contribution in [2.24, 2.45) is 5.92 Å². The van der Waals surface area contributed by atoms with Crippen LogP contribution in [-0.4, -0.2) is 106 Å². The normalized spacial score (nSPS) is 19.0. The number of rotatable bonds is 6. The van der Waals surface area contributed by atoms with Gasteiger partial charge in [-0.05, 0) is 67.8 Å². The van der Waals surface area contributed by atoms with Gasteiger partial charge in [-0.2, -0.15) is 5.10 Å². The van der Waals surface area contributed by atoms with Crippen molar-refractivity contribution < 1.29 is 28.3 Å². The number of nitrogens with two attached hydrogens (primary N) is 1. The number of imide groups is 1. The minimum absolute atomic E-state index is 0.0560. The van der Waals surface area contributed by atoms with Crippen molar-refractivity contribution in [3.05, 3.63) is 72.4 Å². The minimum Gasteiger partial charge on any atom is -0.382 e. The maximum Gasteiger partial charge on any atom is 0.331 e. The van der Waals surface area contributed by atoms with Gasteiger partial charge in [0.1, 0.15) is 23.6 Å². The summed E-state index contributed by atoms with van der Waals surface area (Å²) in [6.07, 6.45) is 2.98. The van der Waals surface area contributed by atoms with Crippen molar-refractivity contribution in [1.82, 2.24) is 29.3 Å². The summed E-state index contributed by atoms with van der Waals surface area (Å²) >= 11 is 0. The second kappa shape index (κ2) is 13.7. The molecule has 0 saturated carbocycles. The molecule has 7 rings (SSSR count). The number of aromatic nitrogens is 3. The third kappa shape index (κ3) is 6.19. The van der Waals surface area contributed by atoms with E-state index >= 15 is 0 Å². The Labute approximate surface area is 287 Å². The number of urea groups is 2. The van der Waals surface area contributed by atoms with Crippen LogP contribution in [0.25, 0.3) is 16.6 Å². The third-order valence-electron chi connectivity index (χ3n) is 9.71. The average molecular weight is 684 g/mol. The number of ether oxygens (including phenoxy) is 1. The van der Waals surface area contributed by atoms with Crippen molar-refractivity contribution >= 4 is 46.6 Å². The molecule has 50 heavy (non-hydrogen) atoms. The molecule has 4 aromatic rings. The van der Waals surface area contributed by atoms with Gasteiger partial charge in [0.15, 0.2) is 5.82 Å². The van der Waals surface area contributed by atoms with E-state index in [9.17, 15) is 23.6 Å². The van der Waals surface area contributed by atoms with E-state index in [1.165, 1.54) is 23.4 Å². The van der Waals surface area contributed by atoms with Crippen LogP contribution in [-0.2, 0) is 14.3 Å². The number of likely N-dealkylation sites (tertiary alicyclic amines) is 1. The van der Waals surface area contributed by atoms with Crippen LogP contribution in [0.4, 0.5) is 31.2 Å². The highest BCUT2D eigenvalue weighted by atomic mass is 19.1. The van der Waals surface area contributed by atoms with Crippen molar-refractivity contribution in [2.75, 3.05) is 68.4 Å². The Balaban J connectivity index is 1.07. The summed E-state index contributed by atoms with van der Waals surface area (Å²) in [6, 6.07) is 13.7. The van der Waals surface area contributed by atoms with Crippen LogP contribution >= 0.6 is 0 Å². The molecule has 3 aliphatic heterocycles. The summed E-state index contributed by atoms with van der Waals surface area (Å²) in [5, 5.41) is 7.36. The van der Waals surface area contributed by atoms with E-state index < -0.39 is 29.6 Å². The van der Waals surface area contributed by atoms with Gasteiger partial charge in [0.25, 0.3) is 0 Å². The third-order valence-corrected chi connectivity index (χ3v) is 9.71. The average Bonchev–Trinajstić information content (AvgIpc) is 3.54. The fourth-order valence-corrected chi connectivity index (χ4v) is 6.94. The molecule has 5 heterocycles. The Hall–Kier alpha value is -5.57. The van der Waals surface area contributed by atoms with Gasteiger partial charge in [0.05, 0.1) is 18.9 Å². The largest absolute Gasteiger partial charge is 0.382 e. The number of benzene rings is 2. The molecule has 0 aliphatic carbocycles. The van der Waals surface area contributed by atoms with Crippen LogP contribution in [0.1, 0.15) is 31.4 Å². The maximum absolute atomic E-state index is 13.6. The molecule has 14 nitrogen and oxygen atoms in total. The van der Waals surface area contributed by atoms with Crippen LogP contribution in [0.5, 0.6) is 0 Å². The van der Waals surface area contributed by atoms with Gasteiger partial charge in [-0.25, -0.2) is 28.4 Å². The number of anilines is 3. The number of halogens is 1. The number of piperidine rings is 1. The zero-order valence-electron chi connectivity index (χ0n) is 27.6. The molecule has 15 heteroatoms. The Morgan fingerprint density at radius 3 is 2.34 bits per heavy atom. The van der Waals surface area contributed by atoms with E-state index in [4.69, 9.17) is 10.5 Å². The summed E-state index contributed by atoms with van der Waals surface area (Å²) in [5.74, 6) is -2.44. The molecule has 2 aromatic heterocycles. The molecule has 3 saturated heterocycles. The van der Waals surface area contributed by atoms with E-state index in [1.54, 1.807) is 19.1 Å². The summed E-state index contributed by atoms with van der Waals surface area (Å²) < 4.78 is 20.8. The standard InChI is InChI=1S/C35H38FN9O5/c1-2-41-20-28(33(47)44(35(41)49)26-9-5-24(36)6-10-26)32(46)40-25-7-3-22(4-8-25)27-19-29(45-30(27)31(37)38-21-39-45)23-11-13-42(14-12-23)34(48)43-15-17-50-18-16-43/h3-10,19,21,23,28H,2,11-18,20H2,1H3,(H,40,46)(H2,37,38,39). The highest BCUT2D eigenvalue weighted by Gasteiger charge is 2.43. The van der Waals surface area contributed by atoms with Crippen LogP contribution in [0.15, 0.2) is 60.9 Å². The first-order valence-corrected chi connectivity index (χ1v) is 16.8. The Kier molecular flexibility index (Phi) is 9.06. The molecule has 0 bridgehead atoms. The van der Waals surface area contributed by atoms with Gasteiger partial charge in [-0.3, -0.25) is 9.59 Å². The van der Waals surface area contributed by atoms with E-state index in [2.05, 4.69) is 21.5 Å². The zero-order valence-corrected chi connectivity index (χ0v) is 27.6. The lowest BCUT2D eigenvalue weighted by molar-refractivity contribution is -0.132. The molecular weight excluding hydrogens is 645 g/mol. The van der Waals surface area contributed by atoms with Gasteiger partial charge in [0.2, 0.25) is 11.8 Å². The Morgan fingerprint density at radius 2 is 1.66 bits per heavy atom. The SMILES string of the molecule is CCN1CC(C(=O)Nc2ccc(-c3cc(C4CCN(C(=O)N5CCOCC5)CC4)n4ncnc(N)c34)cc2)C(=O)N(c2ccc(F)cc2)C1=O. The zero-order chi connectivity index (χ0) is 34.9. The predicted octanol–water partition coefficient (Wildman–Crippen LogP) is 3.79. The van der Waals surface area contributed by atoms with E-state index in [0.29, 0.717) is 56.4 Å². The van der Waals surface area contributed by atoms with Crippen LogP contribution in [0.3, 0.4) is 0 Å². The van der Waals surface area contributed by atoms with E-state index in [0.717, 1.165) is 46.7 Å². The first kappa shape index (κ1) is 33.0. The predicted molar refractivity (Wildman–Crippen MR) is 183 cm³/mol. The summed E-state index contributed by atoms with van der Waals surface area (Å²) in [5.41, 5.74) is 10.4. The van der Waals surface area contributed by atoms with Gasteiger partial charge in [0, 0.05) is 62.1 Å². The molecule has 260 valence electrons. The van der Waals surface area contributed by atoms with Gasteiger partial charge in [-0.1, -0.05) is 12.1 Å². The van der Waals surface area contributed by atoms with Crippen molar-refractivity contribution in [3.8, 4) is 11.1 Å². The van der Waals surface area contributed by atoms with Crippen molar-refractivity contribution in [2.45, 2.75) is 25.7 Å². The number of hydrogen-bond donors (Lipinski definition) is 2. The topological polar surface area (TPSA) is 159 Å². The highest BCUT2D eigenvalue weighted by molar-refractivity contribution is 6.23. The molecule has 0 spiro atoms. The molecule has 2 aromatic carbocycles. The molecule has 3 N–H and O–H groups in total. The number of morpholine rings is 1. The van der Waals surface area contributed by atoms with Crippen LogP contribution in [0, 0.1) is 11.7 Å². The monoisotopic (exact) mass is 683 g/mol. The summed E-state index contributed by atoms with van der Waals surface area (Å²) in [6.45, 7) is 5.58. The van der Waals surface area contributed by atoms with E-state index in [-0.39, 0.29) is 30.7 Å². The smallest absolute Gasteiger partial charge is 0.331 e. The Morgan fingerprint density at radius 1 is 0.980 bits per heavy atom. The number of carbonyl (C=O) groups is 4. The quantitative estimate of drug-likeness (QED) is 0.291. The summed E-state index contributed by atoms with van der Waals surface area (Å²) in [7, 11) is 0. The number of carbonyl (C=O) groups excluding carboxylic acids is 4. The lowest BCUT2D eigenvalue weighted by Gasteiger charge is -2.37. The number of nitrogen functional groups attached to an aromatic ring is 1. The molecule has 0 radical (unpaired) electrons. The molecule has 3 aliphatic rings. The molecule has 1 atom stereocenters. The Bertz CT molecular complexity index is 1920. The van der Waals surface area contributed by atoms with Gasteiger partial charge >= 0.3 is 12.1 Å². The summed E-state index contributed by atoms with van der Waals surface area (Å²) in [4.78, 5) is 63.3. The molecular formula is C35H38FN9O5. The lowest BCUT2D eigenvalue weighted by atomic mass is 9.93. The number of hydrogen-bond acceptors (Lipinski definition) is 8. The number of amides is 6. The second-order valence-corrected chi connectivity index (χ2v) is 12.6. The highest BCUT2D eigenvalue weighted by Crippen LogP contribution is 2.37. The molecule has 6 amide bonds. The van der Waals surface area contributed by atoms with E-state index in [1.807, 2.05) is 26.4 Å². The fraction of sp³-hybridized carbons (Fsp3) is 0.371. The maximum atomic E-state index is 13.6. The molecule has 3 fully saturated rings. The van der Waals surface area contributed by atoms with Crippen molar-refractivity contribution in [3.63, 3.8) is 0 Å². The van der Waals surface area contributed by atoms with Crippen LogP contribution in [0.2, 0.25) is 0 Å². The number of nitrogens with zero attached hydrogens (tertiary/aromatic N) is 7. The minimum atomic E-state index is -1.16. The number of nitrogens with one attached hydrogen (secondary N) is 1. The fourth-order valence-electron chi connectivity index (χ4n) is 6.94. The first-order valence-electron chi connectivity index (χ1n) is 16.8. The van der Waals surface area contributed by atoms with Gasteiger partial charge in [-0.15, -0.1) is 0 Å².